The predicted molar refractivity (Wildman–Crippen MR) is 120 cm³/mol. The third-order valence-corrected chi connectivity index (χ3v) is 8.00. The molecule has 1 aromatic heterocycles. The Morgan fingerprint density at radius 3 is 2.75 bits per heavy atom. The molecule has 3 heterocycles. The highest BCUT2D eigenvalue weighted by atomic mass is 35.5. The lowest BCUT2D eigenvalue weighted by atomic mass is 9.94. The summed E-state index contributed by atoms with van der Waals surface area (Å²) in [4.78, 5) is 23.9. The zero-order chi connectivity index (χ0) is 23.2. The number of aliphatic imine (C=N–C) groups is 1. The summed E-state index contributed by atoms with van der Waals surface area (Å²) in [6.45, 7) is 0.293. The van der Waals surface area contributed by atoms with Crippen LogP contribution in [0.3, 0.4) is 0 Å². The van der Waals surface area contributed by atoms with Crippen LogP contribution in [0.1, 0.15) is 23.0 Å². The first-order chi connectivity index (χ1) is 15.1. The number of thiazole rings is 1. The summed E-state index contributed by atoms with van der Waals surface area (Å²) in [5.74, 6) is -0.624. The summed E-state index contributed by atoms with van der Waals surface area (Å²) in [5, 5.41) is 2.53. The van der Waals surface area contributed by atoms with Crippen LogP contribution in [0.25, 0.3) is 0 Å². The minimum absolute atomic E-state index is 0.121. The molecule has 4 rings (SSSR count). The van der Waals surface area contributed by atoms with E-state index in [1.807, 2.05) is 4.90 Å². The third-order valence-electron chi connectivity index (χ3n) is 5.56. The number of likely N-dealkylation sites (N-methyl/N-ethyl adjacent to an activating group) is 1. The largest absolute Gasteiger partial charge is 0.466 e. The second-order valence-electron chi connectivity index (χ2n) is 7.46. The molecule has 8 nitrogen and oxygen atoms in total. The number of benzene rings is 1. The molecule has 2 aliphatic heterocycles. The van der Waals surface area contributed by atoms with Crippen LogP contribution in [-0.4, -0.2) is 67.4 Å². The minimum Gasteiger partial charge on any atom is -0.466 e. The van der Waals surface area contributed by atoms with Gasteiger partial charge in [0.1, 0.15) is 11.9 Å². The number of fused-ring (bicyclic) bond motifs is 1. The second kappa shape index (κ2) is 8.54. The molecule has 0 bridgehead atoms. The molecule has 32 heavy (non-hydrogen) atoms. The minimum atomic E-state index is -3.47. The van der Waals surface area contributed by atoms with Crippen molar-refractivity contribution in [3.63, 3.8) is 0 Å². The van der Waals surface area contributed by atoms with Gasteiger partial charge < -0.3 is 9.64 Å². The molecule has 2 aromatic rings. The number of sulfonamides is 1. The number of carbonyl (C=O) groups is 1. The molecule has 0 radical (unpaired) electrons. The van der Waals surface area contributed by atoms with Gasteiger partial charge in [-0.1, -0.05) is 17.7 Å². The number of aromatic nitrogens is 1. The number of amidine groups is 1. The van der Waals surface area contributed by atoms with Crippen LogP contribution in [0.2, 0.25) is 5.02 Å². The zero-order valence-corrected chi connectivity index (χ0v) is 19.8. The number of methoxy groups -OCH3 is 1. The van der Waals surface area contributed by atoms with Gasteiger partial charge in [0.05, 0.1) is 18.9 Å². The predicted octanol–water partition coefficient (Wildman–Crippen LogP) is 2.83. The molecule has 1 aromatic carbocycles. The monoisotopic (exact) mass is 498 g/mol. The highest BCUT2D eigenvalue weighted by Crippen LogP contribution is 2.43. The number of ether oxygens (including phenoxy) is 1. The Labute approximate surface area is 194 Å². The van der Waals surface area contributed by atoms with Crippen molar-refractivity contribution in [2.45, 2.75) is 18.5 Å². The molecule has 2 aliphatic rings. The van der Waals surface area contributed by atoms with Gasteiger partial charge in [0.25, 0.3) is 0 Å². The maximum atomic E-state index is 13.7. The fraction of sp³-hybridized carbons (Fsp3) is 0.350. The van der Waals surface area contributed by atoms with Gasteiger partial charge in [0.2, 0.25) is 10.0 Å². The number of nitrogens with zero attached hydrogens (tertiary/aromatic N) is 4. The van der Waals surface area contributed by atoms with Gasteiger partial charge in [-0.3, -0.25) is 4.99 Å². The lowest BCUT2D eigenvalue weighted by molar-refractivity contribution is -0.136. The quantitative estimate of drug-likeness (QED) is 0.589. The molecule has 0 spiro atoms. The number of carbonyl (C=O) groups excluding carboxylic acids is 1. The van der Waals surface area contributed by atoms with Crippen molar-refractivity contribution in [3.8, 4) is 0 Å². The third kappa shape index (κ3) is 4.05. The van der Waals surface area contributed by atoms with E-state index in [0.717, 1.165) is 12.3 Å². The maximum Gasteiger partial charge on any atom is 0.338 e. The van der Waals surface area contributed by atoms with E-state index in [-0.39, 0.29) is 17.0 Å². The first kappa shape index (κ1) is 22.8. The van der Waals surface area contributed by atoms with Crippen molar-refractivity contribution in [1.82, 2.24) is 14.2 Å². The average molecular weight is 499 g/mol. The van der Waals surface area contributed by atoms with Crippen molar-refractivity contribution in [1.29, 1.82) is 0 Å². The fourth-order valence-electron chi connectivity index (χ4n) is 3.91. The lowest BCUT2D eigenvalue weighted by Gasteiger charge is -2.31. The number of esters is 1. The van der Waals surface area contributed by atoms with Gasteiger partial charge in [-0.15, -0.1) is 11.3 Å². The van der Waals surface area contributed by atoms with Crippen LogP contribution in [-0.2, 0) is 19.6 Å². The molecule has 0 N–H and O–H groups in total. The Balaban J connectivity index is 1.91. The Hall–Kier alpha value is -2.34. The summed E-state index contributed by atoms with van der Waals surface area (Å²) in [6.07, 6.45) is 3.04. The topological polar surface area (TPSA) is 92.2 Å². The van der Waals surface area contributed by atoms with Crippen LogP contribution < -0.4 is 0 Å². The smallest absolute Gasteiger partial charge is 0.338 e. The molecule has 170 valence electrons. The summed E-state index contributed by atoms with van der Waals surface area (Å²) >= 11 is 7.70. The summed E-state index contributed by atoms with van der Waals surface area (Å²) in [6, 6.07) is 2.62. The second-order valence-corrected chi connectivity index (χ2v) is 10.8. The molecule has 2 atom stereocenters. The molecule has 1 fully saturated rings. The number of halogens is 2. The lowest BCUT2D eigenvalue weighted by Crippen LogP contribution is -2.40. The fourth-order valence-corrected chi connectivity index (χ4v) is 5.50. The van der Waals surface area contributed by atoms with E-state index in [9.17, 15) is 17.6 Å². The van der Waals surface area contributed by atoms with E-state index >= 15 is 0 Å². The Morgan fingerprint density at radius 2 is 2.16 bits per heavy atom. The Morgan fingerprint density at radius 1 is 1.41 bits per heavy atom. The van der Waals surface area contributed by atoms with Gasteiger partial charge in [-0.25, -0.2) is 22.6 Å². The van der Waals surface area contributed by atoms with Gasteiger partial charge in [-0.2, -0.15) is 4.31 Å². The van der Waals surface area contributed by atoms with Crippen molar-refractivity contribution < 1.29 is 22.3 Å². The van der Waals surface area contributed by atoms with E-state index in [0.29, 0.717) is 28.6 Å². The van der Waals surface area contributed by atoms with Gasteiger partial charge in [0, 0.05) is 53.9 Å². The van der Waals surface area contributed by atoms with E-state index in [1.54, 1.807) is 11.6 Å². The van der Waals surface area contributed by atoms with Crippen molar-refractivity contribution in [3.05, 3.63) is 62.5 Å². The molecule has 1 saturated heterocycles. The number of hydrogen-bond acceptors (Lipinski definition) is 8. The van der Waals surface area contributed by atoms with Crippen molar-refractivity contribution in [2.75, 3.05) is 27.0 Å². The normalized spacial score (nSPS) is 21.1. The van der Waals surface area contributed by atoms with E-state index < -0.39 is 33.9 Å². The van der Waals surface area contributed by atoms with E-state index in [2.05, 4.69) is 4.98 Å². The summed E-state index contributed by atoms with van der Waals surface area (Å²) < 4.78 is 44.4. The molecule has 0 amide bonds. The molecular weight excluding hydrogens is 479 g/mol. The standard InChI is InChI=1S/C20H20ClFN4O4S2/c1-25(32(3,28)29)12-9-15-16(20(27)30-2)17(13-5-4-11(22)8-14(13)21)24-18(26(15)10-12)19-23-6-7-31-19/h4-8,12,17H,9-10H2,1-3H3/t12-,17?/m0/s1. The van der Waals surface area contributed by atoms with Gasteiger partial charge in [0.15, 0.2) is 10.8 Å². The molecule has 1 unspecified atom stereocenters. The summed E-state index contributed by atoms with van der Waals surface area (Å²) in [7, 11) is -0.701. The van der Waals surface area contributed by atoms with Crippen LogP contribution >= 0.6 is 22.9 Å². The Bertz CT molecular complexity index is 1230. The van der Waals surface area contributed by atoms with E-state index in [4.69, 9.17) is 21.3 Å². The SMILES string of the molecule is COC(=O)C1=C2C[C@H](N(C)S(C)(=O)=O)CN2C(c2nccs2)=NC1c1ccc(F)cc1Cl. The highest BCUT2D eigenvalue weighted by Gasteiger charge is 2.44. The molecule has 12 heteroatoms. The zero-order valence-electron chi connectivity index (χ0n) is 17.4. The number of hydrogen-bond donors (Lipinski definition) is 0. The first-order valence-corrected chi connectivity index (χ1v) is 12.7. The first-order valence-electron chi connectivity index (χ1n) is 9.56. The highest BCUT2D eigenvalue weighted by molar-refractivity contribution is 7.88. The van der Waals surface area contributed by atoms with Gasteiger partial charge in [-0.05, 0) is 12.1 Å². The van der Waals surface area contributed by atoms with Crippen LogP contribution in [0, 0.1) is 5.82 Å². The van der Waals surface area contributed by atoms with E-state index in [1.165, 1.54) is 41.9 Å². The molecule has 0 saturated carbocycles. The maximum absolute atomic E-state index is 13.7. The summed E-state index contributed by atoms with van der Waals surface area (Å²) in [5.41, 5.74) is 1.27. The van der Waals surface area contributed by atoms with Crippen molar-refractivity contribution >= 4 is 44.8 Å². The molecule has 0 aliphatic carbocycles. The van der Waals surface area contributed by atoms with Crippen LogP contribution in [0.5, 0.6) is 0 Å². The van der Waals surface area contributed by atoms with Crippen LogP contribution in [0.4, 0.5) is 4.39 Å². The van der Waals surface area contributed by atoms with Crippen molar-refractivity contribution in [2.24, 2.45) is 4.99 Å². The Kier molecular flexibility index (Phi) is 6.10. The number of rotatable bonds is 5. The average Bonchev–Trinajstić information content (AvgIpc) is 3.41. The van der Waals surface area contributed by atoms with Gasteiger partial charge >= 0.3 is 5.97 Å². The van der Waals surface area contributed by atoms with Crippen LogP contribution in [0.15, 0.2) is 46.0 Å². The molecular formula is C20H20ClFN4O4S2.